The number of nitrogens with zero attached hydrogens (tertiary/aromatic N) is 2. The molecular weight excluding hydrogens is 210 g/mol. The first-order valence-corrected chi connectivity index (χ1v) is 5.25. The Kier molecular flexibility index (Phi) is 6.02. The van der Waals surface area contributed by atoms with Gasteiger partial charge < -0.3 is 20.3 Å². The van der Waals surface area contributed by atoms with E-state index in [0.717, 1.165) is 0 Å². The largest absolute Gasteiger partial charge is 0.395 e. The van der Waals surface area contributed by atoms with Crippen molar-refractivity contribution in [3.63, 3.8) is 0 Å². The highest BCUT2D eigenvalue weighted by Crippen LogP contribution is 1.91. The standard InChI is InChI=1S/C10H19N3O3/c1-16-8-9(7-14)11-5-10(15)6-13-4-2-3-12-13/h2-4,9-11,14-15H,5-8H2,1H3. The van der Waals surface area contributed by atoms with E-state index in [2.05, 4.69) is 10.4 Å². The molecule has 0 aliphatic heterocycles. The highest BCUT2D eigenvalue weighted by atomic mass is 16.5. The van der Waals surface area contributed by atoms with Gasteiger partial charge in [0, 0.05) is 26.0 Å². The summed E-state index contributed by atoms with van der Waals surface area (Å²) in [6.07, 6.45) is 2.93. The van der Waals surface area contributed by atoms with Crippen molar-refractivity contribution in [2.75, 3.05) is 26.9 Å². The fraction of sp³-hybridized carbons (Fsp3) is 0.700. The summed E-state index contributed by atoms with van der Waals surface area (Å²) < 4.78 is 6.57. The van der Waals surface area contributed by atoms with Gasteiger partial charge in [-0.3, -0.25) is 4.68 Å². The van der Waals surface area contributed by atoms with E-state index >= 15 is 0 Å². The third-order valence-electron chi connectivity index (χ3n) is 2.19. The third kappa shape index (κ3) is 4.71. The lowest BCUT2D eigenvalue weighted by molar-refractivity contribution is 0.104. The van der Waals surface area contributed by atoms with E-state index in [0.29, 0.717) is 19.7 Å². The zero-order valence-electron chi connectivity index (χ0n) is 9.41. The predicted octanol–water partition coefficient (Wildman–Crippen LogP) is -1.16. The molecule has 1 heterocycles. The minimum atomic E-state index is -0.536. The molecule has 0 aliphatic carbocycles. The summed E-state index contributed by atoms with van der Waals surface area (Å²) in [7, 11) is 1.57. The predicted molar refractivity (Wildman–Crippen MR) is 59.0 cm³/mol. The molecular formula is C10H19N3O3. The lowest BCUT2D eigenvalue weighted by Crippen LogP contribution is -2.41. The maximum atomic E-state index is 9.69. The molecule has 0 aromatic carbocycles. The van der Waals surface area contributed by atoms with Gasteiger partial charge in [-0.25, -0.2) is 0 Å². The Bertz CT molecular complexity index is 266. The maximum absolute atomic E-state index is 9.69. The first kappa shape index (κ1) is 13.1. The van der Waals surface area contributed by atoms with Crippen LogP contribution in [-0.4, -0.2) is 59.0 Å². The normalized spacial score (nSPS) is 14.9. The van der Waals surface area contributed by atoms with E-state index in [9.17, 15) is 5.11 Å². The van der Waals surface area contributed by atoms with Gasteiger partial charge in [0.1, 0.15) is 0 Å². The molecule has 1 aromatic heterocycles. The molecule has 0 saturated heterocycles. The number of hydrogen-bond acceptors (Lipinski definition) is 5. The molecule has 0 spiro atoms. The Morgan fingerprint density at radius 1 is 1.56 bits per heavy atom. The molecule has 2 unspecified atom stereocenters. The van der Waals surface area contributed by atoms with Crippen molar-refractivity contribution in [1.82, 2.24) is 15.1 Å². The van der Waals surface area contributed by atoms with Crippen LogP contribution in [0.2, 0.25) is 0 Å². The maximum Gasteiger partial charge on any atom is 0.0860 e. The Hall–Kier alpha value is -0.950. The fourth-order valence-electron chi connectivity index (χ4n) is 1.37. The van der Waals surface area contributed by atoms with Crippen molar-refractivity contribution in [1.29, 1.82) is 0 Å². The molecule has 92 valence electrons. The van der Waals surface area contributed by atoms with E-state index in [1.54, 1.807) is 24.2 Å². The number of nitrogens with one attached hydrogen (secondary N) is 1. The van der Waals surface area contributed by atoms with Gasteiger partial charge in [0.2, 0.25) is 0 Å². The molecule has 0 radical (unpaired) electrons. The fourth-order valence-corrected chi connectivity index (χ4v) is 1.37. The van der Waals surface area contributed by atoms with Crippen LogP contribution in [0.4, 0.5) is 0 Å². The van der Waals surface area contributed by atoms with Gasteiger partial charge in [-0.15, -0.1) is 0 Å². The van der Waals surface area contributed by atoms with E-state index in [4.69, 9.17) is 9.84 Å². The van der Waals surface area contributed by atoms with E-state index < -0.39 is 6.10 Å². The topological polar surface area (TPSA) is 79.5 Å². The van der Waals surface area contributed by atoms with E-state index in [1.165, 1.54) is 0 Å². The molecule has 1 rings (SSSR count). The van der Waals surface area contributed by atoms with Crippen molar-refractivity contribution < 1.29 is 14.9 Å². The van der Waals surface area contributed by atoms with Crippen LogP contribution in [0, 0.1) is 0 Å². The van der Waals surface area contributed by atoms with Gasteiger partial charge in [0.05, 0.1) is 31.9 Å². The van der Waals surface area contributed by atoms with Crippen LogP contribution in [-0.2, 0) is 11.3 Å². The smallest absolute Gasteiger partial charge is 0.0860 e. The number of ether oxygens (including phenoxy) is 1. The van der Waals surface area contributed by atoms with Crippen molar-refractivity contribution in [2.45, 2.75) is 18.7 Å². The van der Waals surface area contributed by atoms with Crippen molar-refractivity contribution >= 4 is 0 Å². The summed E-state index contributed by atoms with van der Waals surface area (Å²) in [5.41, 5.74) is 0. The highest BCUT2D eigenvalue weighted by Gasteiger charge is 2.10. The van der Waals surface area contributed by atoms with Crippen LogP contribution in [0.15, 0.2) is 18.5 Å². The Labute approximate surface area is 94.8 Å². The second-order valence-electron chi connectivity index (χ2n) is 3.63. The number of hydrogen-bond donors (Lipinski definition) is 3. The van der Waals surface area contributed by atoms with Crippen molar-refractivity contribution in [3.8, 4) is 0 Å². The van der Waals surface area contributed by atoms with Crippen LogP contribution in [0.3, 0.4) is 0 Å². The molecule has 0 aliphatic rings. The van der Waals surface area contributed by atoms with Crippen LogP contribution in [0.25, 0.3) is 0 Å². The van der Waals surface area contributed by atoms with Crippen molar-refractivity contribution in [2.24, 2.45) is 0 Å². The Morgan fingerprint density at radius 2 is 2.38 bits per heavy atom. The summed E-state index contributed by atoms with van der Waals surface area (Å²) in [5.74, 6) is 0. The summed E-state index contributed by atoms with van der Waals surface area (Å²) in [6, 6.07) is 1.67. The number of rotatable bonds is 8. The monoisotopic (exact) mass is 229 g/mol. The SMILES string of the molecule is COCC(CO)NCC(O)Cn1cccn1. The molecule has 3 N–H and O–H groups in total. The molecule has 0 bridgehead atoms. The van der Waals surface area contributed by atoms with Crippen LogP contribution in [0.5, 0.6) is 0 Å². The third-order valence-corrected chi connectivity index (χ3v) is 2.19. The number of aliphatic hydroxyl groups excluding tert-OH is 2. The summed E-state index contributed by atoms with van der Waals surface area (Å²) in [4.78, 5) is 0. The van der Waals surface area contributed by atoms with Crippen molar-refractivity contribution in [3.05, 3.63) is 18.5 Å². The first-order chi connectivity index (χ1) is 7.76. The summed E-state index contributed by atoms with van der Waals surface area (Å²) in [5, 5.41) is 25.7. The van der Waals surface area contributed by atoms with Gasteiger partial charge in [-0.05, 0) is 6.07 Å². The lowest BCUT2D eigenvalue weighted by Gasteiger charge is -2.18. The molecule has 16 heavy (non-hydrogen) atoms. The molecule has 6 nitrogen and oxygen atoms in total. The molecule has 2 atom stereocenters. The summed E-state index contributed by atoms with van der Waals surface area (Å²) in [6.45, 7) is 1.24. The number of aromatic nitrogens is 2. The van der Waals surface area contributed by atoms with Gasteiger partial charge in [0.25, 0.3) is 0 Å². The Balaban J connectivity index is 2.21. The number of methoxy groups -OCH3 is 1. The van der Waals surface area contributed by atoms with E-state index in [1.807, 2.05) is 6.07 Å². The molecule has 1 aromatic rings. The zero-order valence-corrected chi connectivity index (χ0v) is 9.41. The second-order valence-corrected chi connectivity index (χ2v) is 3.63. The zero-order chi connectivity index (χ0) is 11.8. The molecule has 0 fully saturated rings. The average molecular weight is 229 g/mol. The van der Waals surface area contributed by atoms with Gasteiger partial charge >= 0.3 is 0 Å². The Morgan fingerprint density at radius 3 is 2.94 bits per heavy atom. The quantitative estimate of drug-likeness (QED) is 0.524. The summed E-state index contributed by atoms with van der Waals surface area (Å²) >= 11 is 0. The van der Waals surface area contributed by atoms with Gasteiger partial charge in [0.15, 0.2) is 0 Å². The number of aliphatic hydroxyl groups is 2. The van der Waals surface area contributed by atoms with Crippen LogP contribution >= 0.6 is 0 Å². The van der Waals surface area contributed by atoms with Gasteiger partial charge in [-0.1, -0.05) is 0 Å². The average Bonchev–Trinajstić information content (AvgIpc) is 2.76. The molecule has 0 amide bonds. The molecule has 6 heteroatoms. The van der Waals surface area contributed by atoms with Crippen LogP contribution < -0.4 is 5.32 Å². The second kappa shape index (κ2) is 7.34. The molecule has 0 saturated carbocycles. The minimum Gasteiger partial charge on any atom is -0.395 e. The highest BCUT2D eigenvalue weighted by molar-refractivity contribution is 4.79. The lowest BCUT2D eigenvalue weighted by atomic mass is 10.3. The van der Waals surface area contributed by atoms with Crippen LogP contribution in [0.1, 0.15) is 0 Å². The van der Waals surface area contributed by atoms with E-state index in [-0.39, 0.29) is 12.6 Å². The van der Waals surface area contributed by atoms with Gasteiger partial charge in [-0.2, -0.15) is 5.10 Å². The minimum absolute atomic E-state index is 0.0116. The first-order valence-electron chi connectivity index (χ1n) is 5.25.